The number of hydrogen-bond donors (Lipinski definition) is 3. The Balaban J connectivity index is 0.000000173. The van der Waals surface area contributed by atoms with Crippen LogP contribution in [0.15, 0.2) is 86.2 Å². The number of aromatic carboxylic acids is 1. The number of nitrogens with zero attached hydrogens (tertiary/aromatic N) is 10. The minimum Gasteiger partial charge on any atom is -0.487 e. The molecule has 0 saturated carbocycles. The summed E-state index contributed by atoms with van der Waals surface area (Å²) in [5.41, 5.74) is 5.18. The monoisotopic (exact) mass is 854 g/mol. The van der Waals surface area contributed by atoms with E-state index in [1.807, 2.05) is 0 Å². The first kappa shape index (κ1) is 41.6. The molecular formula is C36H28Cl2F4N12O5. The molecule has 8 rings (SSSR count). The van der Waals surface area contributed by atoms with Gasteiger partial charge in [0.05, 0.1) is 36.2 Å². The first-order valence-electron chi connectivity index (χ1n) is 16.9. The standard InChI is InChI=1S/C18H13ClF2N6O2.C14H10ClF2N3O3.C4H5N3/c19-12-5-10(6-13(20)15(12)21)29-11-7-27(8-11)17-16(23-3-4-24-17)18(28)26-14-1-2-22-9-25-14;15-9-3-7(4-10(16)11(9)17)23-8-5-20(6-8)13-12(14(21)22)18-1-2-19-13;5-4-1-2-6-3-7-4/h1-6,9,11H,7-8H2,(H,22,25,26,28);1-4,8H,5-6H2,(H,21,22);1-3H,(H2,5,6,7). The number of nitrogen functional groups attached to an aromatic ring is 1. The Morgan fingerprint density at radius 3 is 1.58 bits per heavy atom. The summed E-state index contributed by atoms with van der Waals surface area (Å²) in [5.74, 6) is -4.37. The number of aromatic nitrogens is 8. The molecule has 6 heterocycles. The molecule has 0 aliphatic carbocycles. The zero-order chi connectivity index (χ0) is 42.1. The van der Waals surface area contributed by atoms with Crippen molar-refractivity contribution in [1.82, 2.24) is 39.9 Å². The van der Waals surface area contributed by atoms with Crippen molar-refractivity contribution in [3.05, 3.63) is 131 Å². The number of benzene rings is 2. The molecule has 1 amide bonds. The lowest BCUT2D eigenvalue weighted by Crippen LogP contribution is -2.54. The lowest BCUT2D eigenvalue weighted by atomic mass is 10.1. The molecule has 0 unspecified atom stereocenters. The average Bonchev–Trinajstić information content (AvgIpc) is 3.19. The van der Waals surface area contributed by atoms with Crippen LogP contribution < -0.4 is 30.3 Å². The molecule has 59 heavy (non-hydrogen) atoms. The van der Waals surface area contributed by atoms with Gasteiger partial charge in [0, 0.05) is 61.4 Å². The smallest absolute Gasteiger partial charge is 0.358 e. The van der Waals surface area contributed by atoms with Crippen LogP contribution in [0.4, 0.5) is 40.8 Å². The molecule has 2 fully saturated rings. The van der Waals surface area contributed by atoms with Crippen LogP contribution in [0.1, 0.15) is 21.0 Å². The van der Waals surface area contributed by atoms with E-state index in [2.05, 4.69) is 45.2 Å². The molecule has 4 N–H and O–H groups in total. The molecule has 0 spiro atoms. The first-order chi connectivity index (χ1) is 28.4. The van der Waals surface area contributed by atoms with Crippen molar-refractivity contribution in [3.63, 3.8) is 0 Å². The number of nitrogens with two attached hydrogens (primary N) is 1. The van der Waals surface area contributed by atoms with Gasteiger partial charge in [0.25, 0.3) is 5.91 Å². The molecule has 2 aromatic carbocycles. The lowest BCUT2D eigenvalue weighted by molar-refractivity contribution is 0.0689. The van der Waals surface area contributed by atoms with Crippen LogP contribution in [0.3, 0.4) is 0 Å². The molecular weight excluding hydrogens is 827 g/mol. The van der Waals surface area contributed by atoms with Crippen LogP contribution >= 0.6 is 23.2 Å². The van der Waals surface area contributed by atoms with E-state index >= 15 is 0 Å². The van der Waals surface area contributed by atoms with Crippen molar-refractivity contribution in [2.75, 3.05) is 47.0 Å². The third kappa shape index (κ3) is 10.7. The zero-order valence-electron chi connectivity index (χ0n) is 30.0. The Labute approximate surface area is 340 Å². The Morgan fingerprint density at radius 2 is 1.15 bits per heavy atom. The van der Waals surface area contributed by atoms with Gasteiger partial charge in [-0.15, -0.1) is 0 Å². The molecule has 0 radical (unpaired) electrons. The Hall–Kier alpha value is -7.00. The Bertz CT molecular complexity index is 2380. The fraction of sp³-hybridized carbons (Fsp3) is 0.167. The van der Waals surface area contributed by atoms with E-state index in [0.717, 1.165) is 12.1 Å². The summed E-state index contributed by atoms with van der Waals surface area (Å²) in [7, 11) is 0. The van der Waals surface area contributed by atoms with E-state index in [0.29, 0.717) is 43.6 Å². The highest BCUT2D eigenvalue weighted by Crippen LogP contribution is 2.30. The van der Waals surface area contributed by atoms with Crippen LogP contribution in [0.2, 0.25) is 10.0 Å². The summed E-state index contributed by atoms with van der Waals surface area (Å²) in [6.45, 7) is 1.44. The number of halogens is 6. The number of carbonyl (C=O) groups excluding carboxylic acids is 1. The molecule has 0 atom stereocenters. The summed E-state index contributed by atoms with van der Waals surface area (Å²) in [6.07, 6.45) is 10.8. The summed E-state index contributed by atoms with van der Waals surface area (Å²) >= 11 is 11.2. The number of carboxylic acid groups (broad SMARTS) is 1. The van der Waals surface area contributed by atoms with Crippen LogP contribution in [0, 0.1) is 23.3 Å². The quantitative estimate of drug-likeness (QED) is 0.126. The summed E-state index contributed by atoms with van der Waals surface area (Å²) < 4.78 is 64.2. The second kappa shape index (κ2) is 19.0. The van der Waals surface area contributed by atoms with Crippen molar-refractivity contribution >= 4 is 58.3 Å². The molecule has 4 aromatic heterocycles. The number of amides is 1. The van der Waals surface area contributed by atoms with E-state index in [1.165, 1.54) is 55.8 Å². The second-order valence-electron chi connectivity index (χ2n) is 12.1. The highest BCUT2D eigenvalue weighted by Gasteiger charge is 2.34. The van der Waals surface area contributed by atoms with Crippen LogP contribution in [0.5, 0.6) is 11.5 Å². The van der Waals surface area contributed by atoms with Crippen molar-refractivity contribution in [2.45, 2.75) is 12.2 Å². The molecule has 2 aliphatic heterocycles. The maximum atomic E-state index is 13.5. The molecule has 2 saturated heterocycles. The Kier molecular flexibility index (Phi) is 13.4. The van der Waals surface area contributed by atoms with Gasteiger partial charge in [-0.1, -0.05) is 23.2 Å². The van der Waals surface area contributed by atoms with E-state index in [4.69, 9.17) is 43.5 Å². The van der Waals surface area contributed by atoms with Crippen molar-refractivity contribution in [3.8, 4) is 11.5 Å². The number of carbonyl (C=O) groups is 2. The van der Waals surface area contributed by atoms with Gasteiger partial charge in [0.1, 0.15) is 48.0 Å². The Morgan fingerprint density at radius 1 is 0.678 bits per heavy atom. The normalized spacial score (nSPS) is 13.4. The van der Waals surface area contributed by atoms with Gasteiger partial charge in [0.2, 0.25) is 0 Å². The topological polar surface area (TPSA) is 220 Å². The number of ether oxygens (including phenoxy) is 2. The fourth-order valence-corrected chi connectivity index (χ4v) is 5.63. The van der Waals surface area contributed by atoms with E-state index in [9.17, 15) is 27.2 Å². The molecule has 2 aliphatic rings. The summed E-state index contributed by atoms with van der Waals surface area (Å²) in [4.78, 5) is 58.2. The van der Waals surface area contributed by atoms with Crippen LogP contribution in [0.25, 0.3) is 0 Å². The van der Waals surface area contributed by atoms with Crippen LogP contribution in [-0.2, 0) is 0 Å². The predicted octanol–water partition coefficient (Wildman–Crippen LogP) is 5.15. The third-order valence-corrected chi connectivity index (χ3v) is 8.57. The SMILES string of the molecule is Nc1ccncn1.O=C(Nc1ccncn1)c1nccnc1N1CC(Oc2cc(F)c(F)c(Cl)c2)C1.O=C(O)c1nccnc1N1CC(Oc2cc(F)c(F)c(Cl)c2)C1. The van der Waals surface area contributed by atoms with E-state index in [1.54, 1.807) is 28.1 Å². The predicted molar refractivity (Wildman–Crippen MR) is 203 cm³/mol. The molecule has 304 valence electrons. The highest BCUT2D eigenvalue weighted by atomic mass is 35.5. The second-order valence-corrected chi connectivity index (χ2v) is 13.0. The fourth-order valence-electron chi connectivity index (χ4n) is 5.23. The van der Waals surface area contributed by atoms with Crippen molar-refractivity contribution < 1.29 is 41.7 Å². The maximum Gasteiger partial charge on any atom is 0.358 e. The number of nitrogens with one attached hydrogen (secondary N) is 1. The molecule has 23 heteroatoms. The molecule has 6 aromatic rings. The van der Waals surface area contributed by atoms with Gasteiger partial charge in [-0.05, 0) is 12.1 Å². The molecule has 17 nitrogen and oxygen atoms in total. The summed E-state index contributed by atoms with van der Waals surface area (Å²) in [5, 5.41) is 11.0. The number of rotatable bonds is 9. The van der Waals surface area contributed by atoms with Crippen molar-refractivity contribution in [2.24, 2.45) is 0 Å². The average molecular weight is 856 g/mol. The maximum absolute atomic E-state index is 13.5. The first-order valence-corrected chi connectivity index (χ1v) is 17.7. The minimum atomic E-state index is -1.18. The van der Waals surface area contributed by atoms with E-state index in [-0.39, 0.29) is 51.0 Å². The molecule has 0 bridgehead atoms. The number of hydrogen-bond acceptors (Lipinski definition) is 15. The van der Waals surface area contributed by atoms with Gasteiger partial charge in [0.15, 0.2) is 46.3 Å². The highest BCUT2D eigenvalue weighted by molar-refractivity contribution is 6.31. The van der Waals surface area contributed by atoms with Gasteiger partial charge >= 0.3 is 5.97 Å². The van der Waals surface area contributed by atoms with Gasteiger partial charge in [-0.3, -0.25) is 4.79 Å². The zero-order valence-corrected chi connectivity index (χ0v) is 31.5. The largest absolute Gasteiger partial charge is 0.487 e. The summed E-state index contributed by atoms with van der Waals surface area (Å²) in [6, 6.07) is 7.44. The minimum absolute atomic E-state index is 0.108. The number of carboxylic acids is 1. The van der Waals surface area contributed by atoms with Gasteiger partial charge in [-0.25, -0.2) is 62.2 Å². The lowest BCUT2D eigenvalue weighted by Gasteiger charge is -2.40. The third-order valence-electron chi connectivity index (χ3n) is 8.02. The van der Waals surface area contributed by atoms with E-state index < -0.39 is 35.1 Å². The van der Waals surface area contributed by atoms with Gasteiger partial charge in [-0.2, -0.15) is 0 Å². The van der Waals surface area contributed by atoms with Crippen molar-refractivity contribution in [1.29, 1.82) is 0 Å². The number of anilines is 4. The van der Waals surface area contributed by atoms with Crippen LogP contribution in [-0.4, -0.2) is 95.2 Å². The van der Waals surface area contributed by atoms with Gasteiger partial charge < -0.3 is 35.4 Å².